The lowest BCUT2D eigenvalue weighted by molar-refractivity contribution is -0.303. The van der Waals surface area contributed by atoms with Crippen molar-refractivity contribution in [3.8, 4) is 11.5 Å². The molecule has 0 amide bonds. The van der Waals surface area contributed by atoms with Crippen LogP contribution in [0.4, 0.5) is 0 Å². The third kappa shape index (κ3) is 11.7. The van der Waals surface area contributed by atoms with E-state index in [0.29, 0.717) is 30.2 Å². The highest BCUT2D eigenvalue weighted by Gasteiger charge is 2.07. The normalized spacial score (nSPS) is 9.10. The van der Waals surface area contributed by atoms with E-state index in [4.69, 9.17) is 46.2 Å². The van der Waals surface area contributed by atoms with Crippen molar-refractivity contribution < 1.29 is 29.3 Å². The molecule has 0 spiro atoms. The minimum absolute atomic E-state index is 0.00481. The average molecular weight is 403 g/mol. The van der Waals surface area contributed by atoms with E-state index < -0.39 is 11.9 Å². The Kier molecular flexibility index (Phi) is 11.9. The number of aliphatic carboxylic acids is 2. The summed E-state index contributed by atoms with van der Waals surface area (Å²) in [4.78, 5) is 17.8. The van der Waals surface area contributed by atoms with Crippen LogP contribution in [0.1, 0.15) is 30.5 Å². The third-order valence-corrected chi connectivity index (χ3v) is 3.13. The number of hydrogen-bond donors (Lipinski definition) is 3. The first-order valence-electron chi connectivity index (χ1n) is 8.39. The number of amidine groups is 1. The number of carbonyl (C=O) groups excluding carboxylic acids is 2. The van der Waals surface area contributed by atoms with Gasteiger partial charge >= 0.3 is 0 Å². The zero-order chi connectivity index (χ0) is 22.4. The van der Waals surface area contributed by atoms with Gasteiger partial charge in [0, 0.05) is 24.0 Å². The predicted octanol–water partition coefficient (Wildman–Crippen LogP) is -0.471. The maximum Gasteiger partial charge on any atom is 0.162 e. The van der Waals surface area contributed by atoms with Crippen molar-refractivity contribution >= 4 is 17.8 Å². The van der Waals surface area contributed by atoms with Gasteiger partial charge in [-0.15, -0.1) is 0 Å². The number of benzene rings is 2. The van der Waals surface area contributed by atoms with Crippen molar-refractivity contribution in [1.82, 2.24) is 0 Å². The lowest BCUT2D eigenvalue weighted by Crippen LogP contribution is -2.16. The van der Waals surface area contributed by atoms with Gasteiger partial charge in [-0.2, -0.15) is 0 Å². The Balaban J connectivity index is 0.000000837. The Morgan fingerprint density at radius 1 is 0.966 bits per heavy atom. The highest BCUT2D eigenvalue weighted by molar-refractivity contribution is 5.95. The Morgan fingerprint density at radius 2 is 1.45 bits per heavy atom. The number of carboxylic acid groups (broad SMARTS) is 2. The number of nitrogens with two attached hydrogens (primary N) is 2. The lowest BCUT2D eigenvalue weighted by Gasteiger charge is -2.12. The van der Waals surface area contributed by atoms with Crippen LogP contribution < -0.4 is 31.2 Å². The maximum absolute atomic E-state index is 8.89. The number of methoxy groups -OCH3 is 1. The molecule has 2 aromatic carbocycles. The highest BCUT2D eigenvalue weighted by atomic mass is 16.5. The molecule has 158 valence electrons. The molecule has 0 saturated carbocycles. The molecule has 0 saturated heterocycles. The fraction of sp³-hybridized carbons (Fsp3) is 0.250. The first-order valence-corrected chi connectivity index (χ1v) is 8.39. The highest BCUT2D eigenvalue weighted by Crippen LogP contribution is 2.28. The van der Waals surface area contributed by atoms with Crippen molar-refractivity contribution in [1.29, 1.82) is 5.41 Å². The number of nitrogen functional groups attached to an aromatic ring is 1. The summed E-state index contributed by atoms with van der Waals surface area (Å²) < 4.78 is 11.0. The summed E-state index contributed by atoms with van der Waals surface area (Å²) in [6, 6.07) is 13.1. The molecular weight excluding hydrogens is 378 g/mol. The molecule has 29 heavy (non-hydrogen) atoms. The smallest absolute Gasteiger partial charge is 0.162 e. The minimum Gasteiger partial charge on any atom is -0.550 e. The van der Waals surface area contributed by atoms with Gasteiger partial charge < -0.3 is 40.7 Å². The molecule has 0 aliphatic heterocycles. The van der Waals surface area contributed by atoms with E-state index in [1.165, 1.54) is 0 Å². The third-order valence-electron chi connectivity index (χ3n) is 3.13. The molecular formula is C20H25N3O6-2. The van der Waals surface area contributed by atoms with Gasteiger partial charge in [-0.3, -0.25) is 5.41 Å². The van der Waals surface area contributed by atoms with Crippen molar-refractivity contribution in [3.05, 3.63) is 59.2 Å². The standard InChI is InChI=1S/C16H19N3O2.2C2H4O2/c1-20-14-7-6-13(16(18)19)8-15(14)21-10-12-4-2-11(9-17)3-5-12;2*1-2(3)4/h2-8H,9-10,17H2,1H3,(H3,18,19);2*1H3,(H,3,4)/p-2. The number of carbonyl (C=O) groups is 2. The van der Waals surface area contributed by atoms with Gasteiger partial charge in [0.2, 0.25) is 0 Å². The summed E-state index contributed by atoms with van der Waals surface area (Å²) in [6.07, 6.45) is 0. The number of carboxylic acids is 2. The second-order valence-electron chi connectivity index (χ2n) is 5.57. The molecule has 0 radical (unpaired) electrons. The van der Waals surface area contributed by atoms with Crippen LogP contribution >= 0.6 is 0 Å². The van der Waals surface area contributed by atoms with Crippen LogP contribution in [0.15, 0.2) is 42.5 Å². The van der Waals surface area contributed by atoms with E-state index in [-0.39, 0.29) is 5.84 Å². The van der Waals surface area contributed by atoms with Crippen LogP contribution in [0.5, 0.6) is 11.5 Å². The zero-order valence-electron chi connectivity index (χ0n) is 16.6. The second kappa shape index (κ2) is 13.6. The van der Waals surface area contributed by atoms with Crippen LogP contribution in [0.3, 0.4) is 0 Å². The van der Waals surface area contributed by atoms with Crippen molar-refractivity contribution in [2.24, 2.45) is 11.5 Å². The fourth-order valence-electron chi connectivity index (χ4n) is 1.89. The van der Waals surface area contributed by atoms with E-state index in [1.807, 2.05) is 24.3 Å². The van der Waals surface area contributed by atoms with Crippen LogP contribution in [0, 0.1) is 5.41 Å². The second-order valence-corrected chi connectivity index (χ2v) is 5.57. The summed E-state index contributed by atoms with van der Waals surface area (Å²) in [5.74, 6) is -0.999. The molecule has 9 nitrogen and oxygen atoms in total. The van der Waals surface area contributed by atoms with Gasteiger partial charge in [0.05, 0.1) is 7.11 Å². The minimum atomic E-state index is -1.08. The van der Waals surface area contributed by atoms with Gasteiger partial charge in [-0.25, -0.2) is 0 Å². The topological polar surface area (TPSA) is 175 Å². The van der Waals surface area contributed by atoms with Crippen molar-refractivity contribution in [2.45, 2.75) is 27.0 Å². The molecule has 0 unspecified atom stereocenters. The number of hydrogen-bond acceptors (Lipinski definition) is 8. The van der Waals surface area contributed by atoms with Gasteiger partial charge in [0.1, 0.15) is 12.4 Å². The Bertz CT molecular complexity index is 786. The maximum atomic E-state index is 8.89. The van der Waals surface area contributed by atoms with E-state index in [2.05, 4.69) is 0 Å². The fourth-order valence-corrected chi connectivity index (χ4v) is 1.89. The average Bonchev–Trinajstić information content (AvgIpc) is 2.65. The SMILES string of the molecule is CC(=O)[O-].CC(=O)[O-].COc1ccc(C(=N)N)cc1OCc1ccc(CN)cc1. The van der Waals surface area contributed by atoms with Gasteiger partial charge in [0.15, 0.2) is 11.5 Å². The summed E-state index contributed by atoms with van der Waals surface area (Å²) in [6.45, 7) is 2.87. The van der Waals surface area contributed by atoms with E-state index >= 15 is 0 Å². The van der Waals surface area contributed by atoms with Gasteiger partial charge in [-0.05, 0) is 43.2 Å². The lowest BCUT2D eigenvalue weighted by atomic mass is 10.1. The molecule has 0 aromatic heterocycles. The Labute approximate surface area is 169 Å². The molecule has 0 heterocycles. The quantitative estimate of drug-likeness (QED) is 0.428. The summed E-state index contributed by atoms with van der Waals surface area (Å²) in [5, 5.41) is 25.2. The van der Waals surface area contributed by atoms with Crippen LogP contribution in [0.2, 0.25) is 0 Å². The van der Waals surface area contributed by atoms with Crippen LogP contribution in [0.25, 0.3) is 0 Å². The summed E-state index contributed by atoms with van der Waals surface area (Å²) in [7, 11) is 1.58. The van der Waals surface area contributed by atoms with Crippen molar-refractivity contribution in [2.75, 3.05) is 7.11 Å². The number of ether oxygens (including phenoxy) is 2. The van der Waals surface area contributed by atoms with E-state index in [9.17, 15) is 0 Å². The molecule has 5 N–H and O–H groups in total. The first-order chi connectivity index (χ1) is 13.6. The molecule has 2 rings (SSSR count). The molecule has 0 aliphatic rings. The van der Waals surface area contributed by atoms with E-state index in [0.717, 1.165) is 25.0 Å². The zero-order valence-corrected chi connectivity index (χ0v) is 16.6. The van der Waals surface area contributed by atoms with Crippen molar-refractivity contribution in [3.63, 3.8) is 0 Å². The van der Waals surface area contributed by atoms with Crippen LogP contribution in [-0.4, -0.2) is 24.9 Å². The monoisotopic (exact) mass is 403 g/mol. The van der Waals surface area contributed by atoms with Gasteiger partial charge in [-0.1, -0.05) is 24.3 Å². The van der Waals surface area contributed by atoms with Gasteiger partial charge in [0.25, 0.3) is 0 Å². The Hall–Kier alpha value is -3.59. The predicted molar refractivity (Wildman–Crippen MR) is 104 cm³/mol. The summed E-state index contributed by atoms with van der Waals surface area (Å²) in [5.41, 5.74) is 13.8. The first kappa shape index (κ1) is 25.4. The Morgan fingerprint density at radius 3 is 1.86 bits per heavy atom. The number of nitrogens with one attached hydrogen (secondary N) is 1. The molecule has 0 aliphatic carbocycles. The van der Waals surface area contributed by atoms with E-state index in [1.54, 1.807) is 25.3 Å². The largest absolute Gasteiger partial charge is 0.550 e. The number of rotatable bonds is 6. The molecule has 0 atom stereocenters. The molecule has 0 bridgehead atoms. The van der Waals surface area contributed by atoms with Crippen LogP contribution in [-0.2, 0) is 22.7 Å². The molecule has 9 heteroatoms. The molecule has 0 fully saturated rings. The summed E-state index contributed by atoms with van der Waals surface area (Å²) >= 11 is 0. The molecule has 2 aromatic rings.